The van der Waals surface area contributed by atoms with Gasteiger partial charge in [-0.25, -0.2) is 9.18 Å². The normalized spacial score (nSPS) is 12.6. The molecule has 0 aliphatic carbocycles. The number of nitrogens with one attached hydrogen (secondary N) is 1. The summed E-state index contributed by atoms with van der Waals surface area (Å²) < 4.78 is 13.3. The molecule has 1 rings (SSSR count). The van der Waals surface area contributed by atoms with E-state index in [0.717, 1.165) is 6.08 Å². The van der Waals surface area contributed by atoms with Gasteiger partial charge in [0.25, 0.3) is 0 Å². The van der Waals surface area contributed by atoms with Crippen LogP contribution in [0.3, 0.4) is 0 Å². The van der Waals surface area contributed by atoms with Crippen molar-refractivity contribution in [1.29, 1.82) is 0 Å². The van der Waals surface area contributed by atoms with Crippen LogP contribution in [0.1, 0.15) is 25.8 Å². The number of benzene rings is 1. The fourth-order valence-electron chi connectivity index (χ4n) is 1.69. The minimum absolute atomic E-state index is 0.145. The summed E-state index contributed by atoms with van der Waals surface area (Å²) in [6.45, 7) is 3.74. The minimum atomic E-state index is -1.08. The molecule has 0 saturated heterocycles. The summed E-state index contributed by atoms with van der Waals surface area (Å²) in [5.74, 6) is -1.92. The predicted octanol–water partition coefficient (Wildman–Crippen LogP) is 2.45. The molecule has 108 valence electrons. The Labute approximate surface area is 117 Å². The van der Waals surface area contributed by atoms with Crippen LogP contribution >= 0.6 is 0 Å². The van der Waals surface area contributed by atoms with Gasteiger partial charge in [-0.15, -0.1) is 0 Å². The van der Waals surface area contributed by atoms with Crippen LogP contribution in [0.2, 0.25) is 0 Å². The lowest BCUT2D eigenvalue weighted by molar-refractivity contribution is -0.141. The van der Waals surface area contributed by atoms with Crippen LogP contribution in [-0.4, -0.2) is 23.0 Å². The lowest BCUT2D eigenvalue weighted by atomic mass is 10.0. The highest BCUT2D eigenvalue weighted by atomic mass is 19.1. The molecule has 4 nitrogen and oxygen atoms in total. The lowest BCUT2D eigenvalue weighted by Gasteiger charge is -2.15. The summed E-state index contributed by atoms with van der Waals surface area (Å²) in [7, 11) is 0. The van der Waals surface area contributed by atoms with Crippen molar-refractivity contribution in [3.05, 3.63) is 41.7 Å². The molecular formula is C15H18FNO3. The Morgan fingerprint density at radius 1 is 1.35 bits per heavy atom. The summed E-state index contributed by atoms with van der Waals surface area (Å²) in [6.07, 6.45) is 2.79. The third kappa shape index (κ3) is 5.22. The highest BCUT2D eigenvalue weighted by Gasteiger charge is 2.19. The number of amides is 1. The van der Waals surface area contributed by atoms with Gasteiger partial charge in [-0.1, -0.05) is 32.0 Å². The first-order valence-electron chi connectivity index (χ1n) is 6.36. The van der Waals surface area contributed by atoms with Crippen LogP contribution in [0, 0.1) is 11.7 Å². The Morgan fingerprint density at radius 2 is 2.00 bits per heavy atom. The average molecular weight is 279 g/mol. The van der Waals surface area contributed by atoms with Crippen LogP contribution in [0.25, 0.3) is 6.08 Å². The third-order valence-corrected chi connectivity index (χ3v) is 2.64. The van der Waals surface area contributed by atoms with Gasteiger partial charge in [0.1, 0.15) is 11.9 Å². The van der Waals surface area contributed by atoms with E-state index in [-0.39, 0.29) is 11.5 Å². The molecule has 0 saturated carbocycles. The first-order valence-corrected chi connectivity index (χ1v) is 6.36. The van der Waals surface area contributed by atoms with Gasteiger partial charge in [-0.05, 0) is 24.5 Å². The summed E-state index contributed by atoms with van der Waals surface area (Å²) in [6, 6.07) is 5.08. The molecule has 0 bridgehead atoms. The number of hydrogen-bond acceptors (Lipinski definition) is 2. The molecule has 1 aromatic rings. The number of carboxylic acids is 1. The molecule has 5 heteroatoms. The molecule has 1 atom stereocenters. The summed E-state index contributed by atoms with van der Waals surface area (Å²) in [5.41, 5.74) is 0.276. The van der Waals surface area contributed by atoms with Gasteiger partial charge >= 0.3 is 5.97 Å². The monoisotopic (exact) mass is 279 g/mol. The molecule has 0 aliphatic rings. The zero-order valence-corrected chi connectivity index (χ0v) is 11.5. The molecule has 0 fully saturated rings. The van der Waals surface area contributed by atoms with Crippen LogP contribution in [0.5, 0.6) is 0 Å². The minimum Gasteiger partial charge on any atom is -0.480 e. The molecule has 1 aromatic carbocycles. The molecule has 20 heavy (non-hydrogen) atoms. The van der Waals surface area contributed by atoms with Crippen molar-refractivity contribution in [3.63, 3.8) is 0 Å². The topological polar surface area (TPSA) is 66.4 Å². The molecule has 0 spiro atoms. The second-order valence-corrected chi connectivity index (χ2v) is 4.88. The standard InChI is InChI=1S/C15H18FNO3/c1-10(2)9-13(15(19)20)17-14(18)8-7-11-5-3-4-6-12(11)16/h3-8,10,13H,9H2,1-2H3,(H,17,18)(H,19,20)/b8-7+/t13-/m0/s1. The largest absolute Gasteiger partial charge is 0.480 e. The van der Waals surface area contributed by atoms with Crippen molar-refractivity contribution in [2.24, 2.45) is 5.92 Å². The van der Waals surface area contributed by atoms with Gasteiger partial charge in [0.2, 0.25) is 5.91 Å². The molecule has 0 unspecified atom stereocenters. The Morgan fingerprint density at radius 3 is 2.55 bits per heavy atom. The molecule has 1 amide bonds. The van der Waals surface area contributed by atoms with Gasteiger partial charge in [-0.2, -0.15) is 0 Å². The second-order valence-electron chi connectivity index (χ2n) is 4.88. The third-order valence-electron chi connectivity index (χ3n) is 2.64. The first kappa shape index (κ1) is 15.9. The van der Waals surface area contributed by atoms with E-state index in [1.807, 2.05) is 13.8 Å². The smallest absolute Gasteiger partial charge is 0.326 e. The molecule has 0 aromatic heterocycles. The predicted molar refractivity (Wildman–Crippen MR) is 74.5 cm³/mol. The maximum Gasteiger partial charge on any atom is 0.326 e. The van der Waals surface area contributed by atoms with Gasteiger partial charge in [0.05, 0.1) is 0 Å². The number of carbonyl (C=O) groups excluding carboxylic acids is 1. The van der Waals surface area contributed by atoms with E-state index >= 15 is 0 Å². The molecular weight excluding hydrogens is 261 g/mol. The van der Waals surface area contributed by atoms with E-state index in [1.165, 1.54) is 18.2 Å². The Kier molecular flexibility index (Phi) is 5.90. The SMILES string of the molecule is CC(C)C[C@H](NC(=O)/C=C/c1ccccc1F)C(=O)O. The number of aliphatic carboxylic acids is 1. The van der Waals surface area contributed by atoms with Gasteiger partial charge in [0, 0.05) is 11.6 Å². The first-order chi connectivity index (χ1) is 9.40. The highest BCUT2D eigenvalue weighted by molar-refractivity contribution is 5.94. The average Bonchev–Trinajstić information content (AvgIpc) is 2.36. The van der Waals surface area contributed by atoms with Crippen LogP contribution in [-0.2, 0) is 9.59 Å². The number of carboxylic acid groups (broad SMARTS) is 1. The maximum absolute atomic E-state index is 13.3. The zero-order chi connectivity index (χ0) is 15.1. The van der Waals surface area contributed by atoms with Gasteiger partial charge in [0.15, 0.2) is 0 Å². The van der Waals surface area contributed by atoms with E-state index < -0.39 is 23.7 Å². The number of carbonyl (C=O) groups is 2. The van der Waals surface area contributed by atoms with Crippen LogP contribution in [0.4, 0.5) is 4.39 Å². The Hall–Kier alpha value is -2.17. The van der Waals surface area contributed by atoms with E-state index in [1.54, 1.807) is 12.1 Å². The molecule has 2 N–H and O–H groups in total. The second kappa shape index (κ2) is 7.43. The fourth-order valence-corrected chi connectivity index (χ4v) is 1.69. The van der Waals surface area contributed by atoms with Crippen LogP contribution < -0.4 is 5.32 Å². The van der Waals surface area contributed by atoms with Gasteiger partial charge in [-0.3, -0.25) is 4.79 Å². The number of hydrogen-bond donors (Lipinski definition) is 2. The Balaban J connectivity index is 2.66. The fraction of sp³-hybridized carbons (Fsp3) is 0.333. The molecule has 0 heterocycles. The van der Waals surface area contributed by atoms with Crippen molar-refractivity contribution in [2.75, 3.05) is 0 Å². The molecule has 0 aliphatic heterocycles. The quantitative estimate of drug-likeness (QED) is 0.786. The zero-order valence-electron chi connectivity index (χ0n) is 11.5. The van der Waals surface area contributed by atoms with Crippen molar-refractivity contribution in [2.45, 2.75) is 26.3 Å². The summed E-state index contributed by atoms with van der Waals surface area (Å²) >= 11 is 0. The number of rotatable bonds is 6. The van der Waals surface area contributed by atoms with Crippen molar-refractivity contribution >= 4 is 18.0 Å². The summed E-state index contributed by atoms with van der Waals surface area (Å²) in [4.78, 5) is 22.6. The number of halogens is 1. The maximum atomic E-state index is 13.3. The van der Waals surface area contributed by atoms with E-state index in [0.29, 0.717) is 6.42 Å². The highest BCUT2D eigenvalue weighted by Crippen LogP contribution is 2.08. The van der Waals surface area contributed by atoms with Crippen molar-refractivity contribution in [3.8, 4) is 0 Å². The van der Waals surface area contributed by atoms with E-state index in [9.17, 15) is 14.0 Å². The Bertz CT molecular complexity index is 512. The molecule has 0 radical (unpaired) electrons. The van der Waals surface area contributed by atoms with Crippen molar-refractivity contribution < 1.29 is 19.1 Å². The lowest BCUT2D eigenvalue weighted by Crippen LogP contribution is -2.40. The van der Waals surface area contributed by atoms with E-state index in [4.69, 9.17) is 5.11 Å². The van der Waals surface area contributed by atoms with Gasteiger partial charge < -0.3 is 10.4 Å². The van der Waals surface area contributed by atoms with Crippen molar-refractivity contribution in [1.82, 2.24) is 5.32 Å². The van der Waals surface area contributed by atoms with E-state index in [2.05, 4.69) is 5.32 Å². The van der Waals surface area contributed by atoms with Crippen LogP contribution in [0.15, 0.2) is 30.3 Å². The summed E-state index contributed by atoms with van der Waals surface area (Å²) in [5, 5.41) is 11.4.